The van der Waals surface area contributed by atoms with Crippen molar-refractivity contribution >= 4 is 16.8 Å². The predicted octanol–water partition coefficient (Wildman–Crippen LogP) is 1.58. The van der Waals surface area contributed by atoms with Crippen LogP contribution in [-0.2, 0) is 20.3 Å². The van der Waals surface area contributed by atoms with E-state index in [1.165, 1.54) is 7.11 Å². The van der Waals surface area contributed by atoms with Crippen molar-refractivity contribution in [2.24, 2.45) is 0 Å². The Morgan fingerprint density at radius 1 is 1.33 bits per heavy atom. The zero-order valence-corrected chi connectivity index (χ0v) is 9.89. The molecule has 0 fully saturated rings. The van der Waals surface area contributed by atoms with Gasteiger partial charge in [-0.2, -0.15) is 0 Å². The summed E-state index contributed by atoms with van der Waals surface area (Å²) < 4.78 is 16.2. The molecule has 1 atom stereocenters. The fourth-order valence-electron chi connectivity index (χ4n) is 1.10. The highest BCUT2D eigenvalue weighted by Crippen LogP contribution is 2.13. The molecule has 0 aromatic heterocycles. The summed E-state index contributed by atoms with van der Waals surface area (Å²) in [6, 6.07) is 5.52. The van der Waals surface area contributed by atoms with Crippen LogP contribution < -0.4 is 0 Å². The van der Waals surface area contributed by atoms with Crippen LogP contribution in [0.5, 0.6) is 0 Å². The molecule has 1 aromatic carbocycles. The van der Waals surface area contributed by atoms with Crippen molar-refractivity contribution in [3.05, 3.63) is 29.3 Å². The fourth-order valence-corrected chi connectivity index (χ4v) is 2.13. The molecule has 1 unspecified atom stereocenters. The Morgan fingerprint density at radius 3 is 2.53 bits per heavy atom. The summed E-state index contributed by atoms with van der Waals surface area (Å²) >= 11 is 0. The first kappa shape index (κ1) is 11.9. The fraction of sp³-hybridized carbons (Fsp3) is 0.364. The predicted molar refractivity (Wildman–Crippen MR) is 59.2 cm³/mol. The molecule has 0 radical (unpaired) electrons. The lowest BCUT2D eigenvalue weighted by Gasteiger charge is -2.04. The lowest BCUT2D eigenvalue weighted by molar-refractivity contribution is -0.137. The van der Waals surface area contributed by atoms with E-state index in [1.54, 1.807) is 6.07 Å². The highest BCUT2D eigenvalue weighted by molar-refractivity contribution is 7.85. The van der Waals surface area contributed by atoms with Gasteiger partial charge >= 0.3 is 5.97 Å². The van der Waals surface area contributed by atoms with E-state index in [0.29, 0.717) is 4.90 Å². The van der Waals surface area contributed by atoms with Gasteiger partial charge in [0.05, 0.1) is 17.9 Å². The third-order valence-corrected chi connectivity index (χ3v) is 3.50. The quantitative estimate of drug-likeness (QED) is 0.735. The number of ether oxygens (including phenoxy) is 1. The number of methoxy groups -OCH3 is 1. The van der Waals surface area contributed by atoms with Crippen LogP contribution >= 0.6 is 0 Å². The molecule has 0 bridgehead atoms. The van der Waals surface area contributed by atoms with E-state index in [1.807, 2.05) is 26.0 Å². The van der Waals surface area contributed by atoms with Gasteiger partial charge in [-0.15, -0.1) is 0 Å². The maximum absolute atomic E-state index is 11.7. The molecule has 0 aliphatic heterocycles. The Kier molecular flexibility index (Phi) is 4.03. The molecule has 15 heavy (non-hydrogen) atoms. The van der Waals surface area contributed by atoms with E-state index in [2.05, 4.69) is 4.74 Å². The average Bonchev–Trinajstić information content (AvgIpc) is 2.21. The Morgan fingerprint density at radius 2 is 2.00 bits per heavy atom. The summed E-state index contributed by atoms with van der Waals surface area (Å²) in [5.41, 5.74) is 2.22. The average molecular weight is 226 g/mol. The SMILES string of the molecule is COC(=O)CS(=O)c1ccc(C)c(C)c1. The molecule has 1 aromatic rings. The second-order valence-electron chi connectivity index (χ2n) is 3.31. The highest BCUT2D eigenvalue weighted by Gasteiger charge is 2.10. The topological polar surface area (TPSA) is 43.4 Å². The second-order valence-corrected chi connectivity index (χ2v) is 4.76. The molecule has 0 spiro atoms. The summed E-state index contributed by atoms with van der Waals surface area (Å²) in [7, 11) is -0.0149. The van der Waals surface area contributed by atoms with Crippen molar-refractivity contribution in [1.82, 2.24) is 0 Å². The summed E-state index contributed by atoms with van der Waals surface area (Å²) in [4.78, 5) is 11.6. The number of hydrogen-bond acceptors (Lipinski definition) is 3. The van der Waals surface area contributed by atoms with Crippen molar-refractivity contribution in [3.63, 3.8) is 0 Å². The highest BCUT2D eigenvalue weighted by atomic mass is 32.2. The zero-order valence-electron chi connectivity index (χ0n) is 9.07. The number of carbonyl (C=O) groups excluding carboxylic acids is 1. The molecule has 4 heteroatoms. The molecule has 0 saturated heterocycles. The summed E-state index contributed by atoms with van der Waals surface area (Å²) in [5.74, 6) is -0.537. The van der Waals surface area contributed by atoms with Crippen molar-refractivity contribution in [1.29, 1.82) is 0 Å². The van der Waals surface area contributed by atoms with Crippen LogP contribution in [0.1, 0.15) is 11.1 Å². The second kappa shape index (κ2) is 5.07. The molecule has 0 saturated carbocycles. The molecule has 0 aliphatic carbocycles. The van der Waals surface area contributed by atoms with Crippen molar-refractivity contribution < 1.29 is 13.7 Å². The summed E-state index contributed by atoms with van der Waals surface area (Å²) in [6.07, 6.45) is 0. The molecule has 82 valence electrons. The van der Waals surface area contributed by atoms with E-state index in [4.69, 9.17) is 0 Å². The third kappa shape index (κ3) is 3.16. The normalized spacial score (nSPS) is 12.2. The first-order valence-electron chi connectivity index (χ1n) is 4.57. The number of rotatable bonds is 3. The molecule has 0 aliphatic rings. The van der Waals surface area contributed by atoms with Gasteiger partial charge in [0.25, 0.3) is 0 Å². The van der Waals surface area contributed by atoms with Gasteiger partial charge in [0.1, 0.15) is 5.75 Å². The van der Waals surface area contributed by atoms with Gasteiger partial charge in [0.15, 0.2) is 0 Å². The van der Waals surface area contributed by atoms with Crippen LogP contribution in [-0.4, -0.2) is 23.0 Å². The number of benzene rings is 1. The lowest BCUT2D eigenvalue weighted by atomic mass is 10.1. The Balaban J connectivity index is 2.83. The van der Waals surface area contributed by atoms with Crippen molar-refractivity contribution in [2.45, 2.75) is 18.7 Å². The summed E-state index contributed by atoms with van der Waals surface area (Å²) in [5, 5.41) is 0. The van der Waals surface area contributed by atoms with Crippen LogP contribution in [0.15, 0.2) is 23.1 Å². The van der Waals surface area contributed by atoms with Crippen LogP contribution in [0.4, 0.5) is 0 Å². The van der Waals surface area contributed by atoms with Crippen LogP contribution in [0.2, 0.25) is 0 Å². The molecule has 1 rings (SSSR count). The number of hydrogen-bond donors (Lipinski definition) is 0. The minimum absolute atomic E-state index is 0.0843. The van der Waals surface area contributed by atoms with Crippen molar-refractivity contribution in [2.75, 3.05) is 12.9 Å². The van der Waals surface area contributed by atoms with E-state index in [0.717, 1.165) is 11.1 Å². The van der Waals surface area contributed by atoms with Gasteiger partial charge in [0, 0.05) is 4.90 Å². The molecule has 3 nitrogen and oxygen atoms in total. The summed E-state index contributed by atoms with van der Waals surface area (Å²) in [6.45, 7) is 3.94. The molecular weight excluding hydrogens is 212 g/mol. The van der Waals surface area contributed by atoms with E-state index in [9.17, 15) is 9.00 Å². The van der Waals surface area contributed by atoms with E-state index in [-0.39, 0.29) is 5.75 Å². The standard InChI is InChI=1S/C11H14O3S/c1-8-4-5-10(6-9(8)2)15(13)7-11(12)14-3/h4-6H,7H2,1-3H3. The van der Waals surface area contributed by atoms with Crippen LogP contribution in [0.3, 0.4) is 0 Å². The minimum atomic E-state index is -1.31. The largest absolute Gasteiger partial charge is 0.468 e. The zero-order chi connectivity index (χ0) is 11.4. The maximum Gasteiger partial charge on any atom is 0.318 e. The Bertz CT molecular complexity index is 399. The van der Waals surface area contributed by atoms with E-state index >= 15 is 0 Å². The first-order valence-corrected chi connectivity index (χ1v) is 5.89. The van der Waals surface area contributed by atoms with Gasteiger partial charge in [-0.1, -0.05) is 6.07 Å². The molecule has 0 amide bonds. The van der Waals surface area contributed by atoms with Gasteiger partial charge in [-0.3, -0.25) is 9.00 Å². The Hall–Kier alpha value is -1.16. The van der Waals surface area contributed by atoms with Crippen LogP contribution in [0, 0.1) is 13.8 Å². The molecule has 0 N–H and O–H groups in total. The van der Waals surface area contributed by atoms with Crippen molar-refractivity contribution in [3.8, 4) is 0 Å². The van der Waals surface area contributed by atoms with Gasteiger partial charge < -0.3 is 4.74 Å². The van der Waals surface area contributed by atoms with Gasteiger partial charge in [-0.25, -0.2) is 0 Å². The monoisotopic (exact) mass is 226 g/mol. The van der Waals surface area contributed by atoms with Crippen LogP contribution in [0.25, 0.3) is 0 Å². The molecule has 0 heterocycles. The Labute approximate surface area is 91.9 Å². The maximum atomic E-state index is 11.7. The number of aryl methyl sites for hydroxylation is 2. The number of carbonyl (C=O) groups is 1. The third-order valence-electron chi connectivity index (χ3n) is 2.22. The van der Waals surface area contributed by atoms with Gasteiger partial charge in [0.2, 0.25) is 0 Å². The smallest absolute Gasteiger partial charge is 0.318 e. The number of esters is 1. The van der Waals surface area contributed by atoms with Gasteiger partial charge in [-0.05, 0) is 37.1 Å². The minimum Gasteiger partial charge on any atom is -0.468 e. The first-order chi connectivity index (χ1) is 7.04. The van der Waals surface area contributed by atoms with E-state index < -0.39 is 16.8 Å². The lowest BCUT2D eigenvalue weighted by Crippen LogP contribution is -2.12. The molecular formula is C11H14O3S.